The molecule has 1 aliphatic carbocycles. The highest BCUT2D eigenvalue weighted by atomic mass is 35.5. The van der Waals surface area contributed by atoms with Crippen LogP contribution in [-0.2, 0) is 16.0 Å². The number of alkyl halides is 3. The van der Waals surface area contributed by atoms with Gasteiger partial charge in [-0.25, -0.2) is 4.39 Å². The summed E-state index contributed by atoms with van der Waals surface area (Å²) in [5, 5.41) is 11.7. The average Bonchev–Trinajstić information content (AvgIpc) is 2.65. The van der Waals surface area contributed by atoms with Gasteiger partial charge in [-0.3, -0.25) is 9.59 Å². The van der Waals surface area contributed by atoms with Crippen LogP contribution in [-0.4, -0.2) is 23.2 Å². The molecule has 2 rings (SSSR count). The minimum absolute atomic E-state index is 0.0789. The van der Waals surface area contributed by atoms with E-state index < -0.39 is 47.5 Å². The summed E-state index contributed by atoms with van der Waals surface area (Å²) in [5.41, 5.74) is 0.150. The van der Waals surface area contributed by atoms with Crippen LogP contribution in [0.4, 0.5) is 23.2 Å². The molecule has 1 unspecified atom stereocenters. The number of aliphatic carboxylic acids is 1. The summed E-state index contributed by atoms with van der Waals surface area (Å²) in [5.74, 6) is -7.82. The van der Waals surface area contributed by atoms with Crippen LogP contribution >= 0.6 is 11.6 Å². The maximum absolute atomic E-state index is 14.2. The molecule has 1 aromatic carbocycles. The fourth-order valence-corrected chi connectivity index (χ4v) is 3.49. The van der Waals surface area contributed by atoms with E-state index in [2.05, 4.69) is 5.32 Å². The Hall–Kier alpha value is -2.35. The molecule has 1 aromatic rings. The van der Waals surface area contributed by atoms with Crippen LogP contribution < -0.4 is 5.32 Å². The maximum Gasteiger partial charge on any atom is 0.392 e. The second-order valence-corrected chi connectivity index (χ2v) is 7.89. The summed E-state index contributed by atoms with van der Waals surface area (Å²) >= 11 is 5.83. The monoisotopic (exact) mass is 447 g/mol. The van der Waals surface area contributed by atoms with Gasteiger partial charge in [0.05, 0.1) is 23.4 Å². The standard InChI is InChI=1S/C21H22ClF4NO3/c1-11(20(29)30)9-13-3-8-16(23)17(10-13)27-19(28)18(12(2)21(24,25)26)14-4-6-15(22)7-5-14/h3-4,6-8,10-12,14,18H,5,9H2,1-2H3,(H,27,28)(H,29,30)/t11-,12-,14?,18+/m1/s1. The van der Waals surface area contributed by atoms with Gasteiger partial charge in [0.1, 0.15) is 5.82 Å². The number of carboxylic acids is 1. The van der Waals surface area contributed by atoms with Gasteiger partial charge in [0.15, 0.2) is 0 Å². The minimum atomic E-state index is -4.63. The summed E-state index contributed by atoms with van der Waals surface area (Å²) in [6.07, 6.45) is 0.0218. The summed E-state index contributed by atoms with van der Waals surface area (Å²) in [6, 6.07) is 3.66. The van der Waals surface area contributed by atoms with Gasteiger partial charge < -0.3 is 10.4 Å². The Morgan fingerprint density at radius 1 is 1.30 bits per heavy atom. The van der Waals surface area contributed by atoms with E-state index in [-0.39, 0.29) is 18.5 Å². The first-order valence-corrected chi connectivity index (χ1v) is 9.70. The molecule has 30 heavy (non-hydrogen) atoms. The van der Waals surface area contributed by atoms with Crippen LogP contribution in [0.5, 0.6) is 0 Å². The highest BCUT2D eigenvalue weighted by Crippen LogP contribution is 2.39. The molecule has 9 heteroatoms. The molecule has 0 spiro atoms. The summed E-state index contributed by atoms with van der Waals surface area (Å²) in [7, 11) is 0. The number of hydrogen-bond acceptors (Lipinski definition) is 2. The van der Waals surface area contributed by atoms with Crippen LogP contribution in [0.1, 0.15) is 25.8 Å². The predicted octanol–water partition coefficient (Wildman–Crippen LogP) is 5.54. The van der Waals surface area contributed by atoms with Gasteiger partial charge in [-0.2, -0.15) is 13.2 Å². The molecule has 0 bridgehead atoms. The summed E-state index contributed by atoms with van der Waals surface area (Å²) in [4.78, 5) is 23.8. The van der Waals surface area contributed by atoms with E-state index in [1.165, 1.54) is 37.3 Å². The molecule has 1 aliphatic rings. The van der Waals surface area contributed by atoms with E-state index in [4.69, 9.17) is 16.7 Å². The normalized spacial score (nSPS) is 19.6. The first kappa shape index (κ1) is 23.9. The molecule has 4 nitrogen and oxygen atoms in total. The number of carboxylic acid groups (broad SMARTS) is 1. The number of carbonyl (C=O) groups excluding carboxylic acids is 1. The smallest absolute Gasteiger partial charge is 0.392 e. The number of amides is 1. The van der Waals surface area contributed by atoms with Crippen molar-refractivity contribution in [3.05, 3.63) is 52.8 Å². The number of hydrogen-bond donors (Lipinski definition) is 2. The Balaban J connectivity index is 2.28. The third kappa shape index (κ3) is 6.08. The fraction of sp³-hybridized carbons (Fsp3) is 0.429. The Morgan fingerprint density at radius 2 is 1.97 bits per heavy atom. The number of benzene rings is 1. The average molecular weight is 448 g/mol. The largest absolute Gasteiger partial charge is 0.481 e. The van der Waals surface area contributed by atoms with Gasteiger partial charge in [-0.05, 0) is 42.5 Å². The van der Waals surface area contributed by atoms with E-state index in [9.17, 15) is 27.2 Å². The molecule has 0 heterocycles. The highest BCUT2D eigenvalue weighted by Gasteiger charge is 2.46. The van der Waals surface area contributed by atoms with Crippen LogP contribution in [0.2, 0.25) is 0 Å². The molecule has 4 atom stereocenters. The first-order valence-electron chi connectivity index (χ1n) is 9.32. The lowest BCUT2D eigenvalue weighted by molar-refractivity contribution is -0.188. The Labute approximate surface area is 176 Å². The second kappa shape index (κ2) is 9.64. The van der Waals surface area contributed by atoms with Crippen molar-refractivity contribution in [2.45, 2.75) is 32.9 Å². The van der Waals surface area contributed by atoms with Gasteiger partial charge in [0.25, 0.3) is 0 Å². The number of halogens is 5. The van der Waals surface area contributed by atoms with Crippen LogP contribution in [0.3, 0.4) is 0 Å². The van der Waals surface area contributed by atoms with E-state index in [1.54, 1.807) is 0 Å². The SMILES string of the molecule is C[C@H](Cc1ccc(F)c(NC(=O)[C@H](C2C=CC(Cl)=CC2)[C@@H](C)C(F)(F)F)c1)C(=O)O. The lowest BCUT2D eigenvalue weighted by Crippen LogP contribution is -2.40. The zero-order valence-electron chi connectivity index (χ0n) is 16.3. The van der Waals surface area contributed by atoms with Gasteiger partial charge in [-0.1, -0.05) is 43.7 Å². The van der Waals surface area contributed by atoms with Crippen LogP contribution in [0.15, 0.2) is 41.5 Å². The molecule has 0 radical (unpaired) electrons. The van der Waals surface area contributed by atoms with Gasteiger partial charge >= 0.3 is 12.1 Å². The molecule has 164 valence electrons. The van der Waals surface area contributed by atoms with Crippen LogP contribution in [0.25, 0.3) is 0 Å². The number of allylic oxidation sites excluding steroid dienone is 4. The maximum atomic E-state index is 14.2. The topological polar surface area (TPSA) is 66.4 Å². The third-order valence-electron chi connectivity index (χ3n) is 5.16. The van der Waals surface area contributed by atoms with Crippen molar-refractivity contribution in [1.29, 1.82) is 0 Å². The molecule has 0 fully saturated rings. The summed E-state index contributed by atoms with van der Waals surface area (Å²) in [6.45, 7) is 2.39. The fourth-order valence-electron chi connectivity index (χ4n) is 3.33. The minimum Gasteiger partial charge on any atom is -0.481 e. The van der Waals surface area contributed by atoms with E-state index >= 15 is 0 Å². The van der Waals surface area contributed by atoms with Gasteiger partial charge in [-0.15, -0.1) is 0 Å². The molecular formula is C21H22ClF4NO3. The molecule has 0 saturated carbocycles. The van der Waals surface area contributed by atoms with Crippen molar-refractivity contribution in [2.75, 3.05) is 5.32 Å². The summed E-state index contributed by atoms with van der Waals surface area (Å²) < 4.78 is 54.5. The Bertz CT molecular complexity index is 866. The lowest BCUT2D eigenvalue weighted by Gasteiger charge is -2.31. The van der Waals surface area contributed by atoms with Crippen molar-refractivity contribution in [3.63, 3.8) is 0 Å². The van der Waals surface area contributed by atoms with E-state index in [0.717, 1.165) is 13.0 Å². The Morgan fingerprint density at radius 3 is 2.50 bits per heavy atom. The second-order valence-electron chi connectivity index (χ2n) is 7.45. The van der Waals surface area contributed by atoms with Gasteiger partial charge in [0.2, 0.25) is 5.91 Å². The zero-order valence-corrected chi connectivity index (χ0v) is 17.1. The van der Waals surface area contributed by atoms with Crippen molar-refractivity contribution < 1.29 is 32.3 Å². The van der Waals surface area contributed by atoms with Crippen molar-refractivity contribution >= 4 is 29.2 Å². The van der Waals surface area contributed by atoms with Crippen molar-refractivity contribution in [1.82, 2.24) is 0 Å². The van der Waals surface area contributed by atoms with E-state index in [1.807, 2.05) is 0 Å². The number of rotatable bonds is 7. The Kier molecular flexibility index (Phi) is 7.69. The predicted molar refractivity (Wildman–Crippen MR) is 105 cm³/mol. The molecule has 1 amide bonds. The quantitative estimate of drug-likeness (QED) is 0.539. The number of nitrogens with one attached hydrogen (secondary N) is 1. The molecular weight excluding hydrogens is 426 g/mol. The molecule has 2 N–H and O–H groups in total. The highest BCUT2D eigenvalue weighted by molar-refractivity contribution is 6.31. The zero-order chi connectivity index (χ0) is 22.6. The van der Waals surface area contributed by atoms with Crippen molar-refractivity contribution in [2.24, 2.45) is 23.7 Å². The molecule has 0 saturated heterocycles. The first-order chi connectivity index (χ1) is 13.9. The molecule has 0 aromatic heterocycles. The van der Waals surface area contributed by atoms with E-state index in [0.29, 0.717) is 10.6 Å². The number of carbonyl (C=O) groups is 2. The van der Waals surface area contributed by atoms with Gasteiger partial charge in [0, 0.05) is 5.03 Å². The third-order valence-corrected chi connectivity index (χ3v) is 5.44. The van der Waals surface area contributed by atoms with Crippen LogP contribution in [0, 0.1) is 29.5 Å². The van der Waals surface area contributed by atoms with Crippen molar-refractivity contribution in [3.8, 4) is 0 Å². The lowest BCUT2D eigenvalue weighted by atomic mass is 9.78. The molecule has 0 aliphatic heterocycles. The number of anilines is 1.